The van der Waals surface area contributed by atoms with E-state index in [0.29, 0.717) is 5.92 Å². The van der Waals surface area contributed by atoms with E-state index in [1.54, 1.807) is 0 Å². The minimum absolute atomic E-state index is 0.615. The molecule has 17 heavy (non-hydrogen) atoms. The normalized spacial score (nSPS) is 19.8. The lowest BCUT2D eigenvalue weighted by Gasteiger charge is -2.05. The van der Waals surface area contributed by atoms with E-state index in [9.17, 15) is 0 Å². The van der Waals surface area contributed by atoms with Crippen LogP contribution >= 0.6 is 0 Å². The van der Waals surface area contributed by atoms with Crippen LogP contribution in [0.1, 0.15) is 37.4 Å². The summed E-state index contributed by atoms with van der Waals surface area (Å²) in [5.41, 5.74) is 0.870. The summed E-state index contributed by atoms with van der Waals surface area (Å²) in [5.74, 6) is 3.42. The van der Waals surface area contributed by atoms with E-state index in [1.165, 1.54) is 25.7 Å². The van der Waals surface area contributed by atoms with E-state index in [2.05, 4.69) is 24.9 Å². The Morgan fingerprint density at radius 3 is 2.88 bits per heavy atom. The third-order valence-corrected chi connectivity index (χ3v) is 3.55. The molecule has 2 aliphatic rings. The molecule has 0 unspecified atom stereocenters. The van der Waals surface area contributed by atoms with E-state index in [1.807, 2.05) is 12.4 Å². The van der Waals surface area contributed by atoms with E-state index >= 15 is 0 Å². The van der Waals surface area contributed by atoms with Crippen LogP contribution in [0.15, 0.2) is 12.4 Å². The lowest BCUT2D eigenvalue weighted by Crippen LogP contribution is -2.07. The molecule has 2 fully saturated rings. The topological polar surface area (TPSA) is 55.1 Å². The van der Waals surface area contributed by atoms with Crippen LogP contribution in [-0.2, 0) is 0 Å². The Hall–Kier alpha value is -1.65. The van der Waals surface area contributed by atoms with Crippen molar-refractivity contribution >= 4 is 11.5 Å². The van der Waals surface area contributed by atoms with Crippen LogP contribution in [0.2, 0.25) is 0 Å². The number of nitrogens with one attached hydrogen (secondary N) is 1. The maximum atomic E-state index is 4.37. The second-order valence-electron chi connectivity index (χ2n) is 5.13. The summed E-state index contributed by atoms with van der Waals surface area (Å²) >= 11 is 0. The Balaban J connectivity index is 1.70. The van der Waals surface area contributed by atoms with Gasteiger partial charge in [0.15, 0.2) is 5.82 Å². The lowest BCUT2D eigenvalue weighted by atomic mass is 10.4. The summed E-state index contributed by atoms with van der Waals surface area (Å²) in [4.78, 5) is 4.37. The largest absolute Gasteiger partial charge is 0.367 e. The van der Waals surface area contributed by atoms with Crippen LogP contribution < -0.4 is 5.32 Å². The predicted octanol–water partition coefficient (Wildman–Crippen LogP) is 1.82. The smallest absolute Gasteiger partial charge is 0.203 e. The predicted molar refractivity (Wildman–Crippen MR) is 64.0 cm³/mol. The molecule has 2 saturated carbocycles. The lowest BCUT2D eigenvalue weighted by molar-refractivity contribution is 0.877. The fraction of sp³-hybridized carbons (Fsp3) is 0.583. The second kappa shape index (κ2) is 3.42. The highest BCUT2D eigenvalue weighted by Crippen LogP contribution is 2.39. The minimum Gasteiger partial charge on any atom is -0.367 e. The van der Waals surface area contributed by atoms with Crippen molar-refractivity contribution in [3.63, 3.8) is 0 Å². The van der Waals surface area contributed by atoms with Gasteiger partial charge >= 0.3 is 0 Å². The van der Waals surface area contributed by atoms with Gasteiger partial charge in [0.1, 0.15) is 5.82 Å². The highest BCUT2D eigenvalue weighted by atomic mass is 15.3. The van der Waals surface area contributed by atoms with E-state index < -0.39 is 0 Å². The van der Waals surface area contributed by atoms with Gasteiger partial charge in [-0.1, -0.05) is 0 Å². The monoisotopic (exact) mass is 229 g/mol. The summed E-state index contributed by atoms with van der Waals surface area (Å²) in [7, 11) is 0. The van der Waals surface area contributed by atoms with E-state index in [4.69, 9.17) is 0 Å². The summed E-state index contributed by atoms with van der Waals surface area (Å²) < 4.78 is 2.08. The van der Waals surface area contributed by atoms with Gasteiger partial charge in [-0.2, -0.15) is 0 Å². The van der Waals surface area contributed by atoms with Crippen molar-refractivity contribution in [3.05, 3.63) is 18.2 Å². The summed E-state index contributed by atoms with van der Waals surface area (Å²) in [6.45, 7) is 1.01. The molecule has 0 saturated heterocycles. The van der Waals surface area contributed by atoms with Crippen molar-refractivity contribution in [2.75, 3.05) is 11.9 Å². The fourth-order valence-corrected chi connectivity index (χ4v) is 2.15. The van der Waals surface area contributed by atoms with Gasteiger partial charge in [-0.3, -0.25) is 4.40 Å². The molecule has 2 heterocycles. The van der Waals surface area contributed by atoms with Crippen LogP contribution in [0.3, 0.4) is 0 Å². The molecule has 0 bridgehead atoms. The minimum atomic E-state index is 0.615. The maximum absolute atomic E-state index is 4.37. The number of aromatic nitrogens is 4. The van der Waals surface area contributed by atoms with Crippen LogP contribution in [0.5, 0.6) is 0 Å². The first-order valence-electron chi connectivity index (χ1n) is 6.35. The molecule has 5 nitrogen and oxygen atoms in total. The summed E-state index contributed by atoms with van der Waals surface area (Å²) in [6, 6.07) is 0. The van der Waals surface area contributed by atoms with Gasteiger partial charge in [0.05, 0.1) is 0 Å². The van der Waals surface area contributed by atoms with Crippen LogP contribution in [0, 0.1) is 5.92 Å². The third kappa shape index (κ3) is 1.66. The number of rotatable bonds is 4. The molecule has 0 spiro atoms. The van der Waals surface area contributed by atoms with Gasteiger partial charge in [0, 0.05) is 24.9 Å². The van der Waals surface area contributed by atoms with E-state index in [0.717, 1.165) is 29.8 Å². The Kier molecular flexibility index (Phi) is 1.89. The standard InChI is InChI=1S/C12H15N5/c1-2-8(1)7-14-10-12-16-15-11(9-3-4-9)17(12)6-5-13-10/h5-6,8-9H,1-4,7H2,(H,13,14). The van der Waals surface area contributed by atoms with E-state index in [-0.39, 0.29) is 0 Å². The number of hydrogen-bond acceptors (Lipinski definition) is 4. The Morgan fingerprint density at radius 1 is 1.24 bits per heavy atom. The van der Waals surface area contributed by atoms with Crippen molar-refractivity contribution in [2.24, 2.45) is 5.92 Å². The van der Waals surface area contributed by atoms with Crippen LogP contribution in [0.25, 0.3) is 5.65 Å². The zero-order chi connectivity index (χ0) is 11.2. The molecule has 4 rings (SSSR count). The summed E-state index contributed by atoms with van der Waals surface area (Å²) in [6.07, 6.45) is 8.97. The number of anilines is 1. The van der Waals surface area contributed by atoms with Crippen molar-refractivity contribution in [1.82, 2.24) is 19.6 Å². The molecule has 5 heteroatoms. The van der Waals surface area contributed by atoms with Gasteiger partial charge in [-0.05, 0) is 31.6 Å². The molecule has 0 atom stereocenters. The first-order chi connectivity index (χ1) is 8.42. The quantitative estimate of drug-likeness (QED) is 0.869. The molecular formula is C12H15N5. The molecule has 0 aliphatic heterocycles. The molecule has 0 amide bonds. The van der Waals surface area contributed by atoms with Crippen LogP contribution in [-0.4, -0.2) is 26.1 Å². The Bertz CT molecular complexity index is 553. The molecule has 2 aromatic heterocycles. The molecule has 2 aromatic rings. The third-order valence-electron chi connectivity index (χ3n) is 3.55. The van der Waals surface area contributed by atoms with Crippen molar-refractivity contribution in [1.29, 1.82) is 0 Å². The number of nitrogens with zero attached hydrogens (tertiary/aromatic N) is 4. The highest BCUT2D eigenvalue weighted by Gasteiger charge is 2.29. The zero-order valence-corrected chi connectivity index (χ0v) is 9.63. The maximum Gasteiger partial charge on any atom is 0.203 e. The first-order valence-corrected chi connectivity index (χ1v) is 6.35. The highest BCUT2D eigenvalue weighted by molar-refractivity contribution is 5.62. The van der Waals surface area contributed by atoms with Crippen molar-refractivity contribution in [2.45, 2.75) is 31.6 Å². The van der Waals surface area contributed by atoms with Gasteiger partial charge < -0.3 is 5.32 Å². The molecule has 1 N–H and O–H groups in total. The SMILES string of the molecule is c1cn2c(C3CC3)nnc2c(NCC2CC2)n1. The van der Waals surface area contributed by atoms with Crippen molar-refractivity contribution < 1.29 is 0 Å². The Labute approximate surface area is 99.3 Å². The van der Waals surface area contributed by atoms with Crippen molar-refractivity contribution in [3.8, 4) is 0 Å². The van der Waals surface area contributed by atoms with Gasteiger partial charge in [-0.25, -0.2) is 4.98 Å². The molecule has 2 aliphatic carbocycles. The molecular weight excluding hydrogens is 214 g/mol. The average Bonchev–Trinajstić information content (AvgIpc) is 3.25. The molecule has 88 valence electrons. The van der Waals surface area contributed by atoms with Gasteiger partial charge in [0.25, 0.3) is 0 Å². The second-order valence-corrected chi connectivity index (χ2v) is 5.13. The molecule has 0 radical (unpaired) electrons. The average molecular weight is 229 g/mol. The first kappa shape index (κ1) is 9.39. The van der Waals surface area contributed by atoms with Gasteiger partial charge in [0.2, 0.25) is 5.65 Å². The number of hydrogen-bond donors (Lipinski definition) is 1. The van der Waals surface area contributed by atoms with Gasteiger partial charge in [-0.15, -0.1) is 10.2 Å². The zero-order valence-electron chi connectivity index (χ0n) is 9.63. The van der Waals surface area contributed by atoms with Crippen LogP contribution in [0.4, 0.5) is 5.82 Å². The molecule has 0 aromatic carbocycles. The number of fused-ring (bicyclic) bond motifs is 1. The Morgan fingerprint density at radius 2 is 2.12 bits per heavy atom. The summed E-state index contributed by atoms with van der Waals surface area (Å²) in [5, 5.41) is 11.9. The fourth-order valence-electron chi connectivity index (χ4n) is 2.15.